The van der Waals surface area contributed by atoms with Gasteiger partial charge in [0.2, 0.25) is 5.91 Å². The molecule has 2 N–H and O–H groups in total. The molecule has 4 rings (SSSR count). The maximum atomic E-state index is 12.6. The highest BCUT2D eigenvalue weighted by molar-refractivity contribution is 6.30. The smallest absolute Gasteiger partial charge is 0.227 e. The minimum absolute atomic E-state index is 0.114. The summed E-state index contributed by atoms with van der Waals surface area (Å²) in [6, 6.07) is 24.6. The summed E-state index contributed by atoms with van der Waals surface area (Å²) in [7, 11) is 0. The van der Waals surface area contributed by atoms with Gasteiger partial charge in [0.25, 0.3) is 0 Å². The molecule has 1 heterocycles. The maximum Gasteiger partial charge on any atom is 0.227 e. The van der Waals surface area contributed by atoms with Gasteiger partial charge in [-0.1, -0.05) is 66.2 Å². The third-order valence-electron chi connectivity index (χ3n) is 5.00. The molecule has 1 atom stereocenters. The van der Waals surface area contributed by atoms with E-state index in [4.69, 9.17) is 11.6 Å². The van der Waals surface area contributed by atoms with Crippen molar-refractivity contribution in [2.24, 2.45) is 0 Å². The van der Waals surface area contributed by atoms with Crippen LogP contribution in [0.3, 0.4) is 0 Å². The second kappa shape index (κ2) is 9.11. The average Bonchev–Trinajstić information content (AvgIpc) is 3.10. The third-order valence-corrected chi connectivity index (χ3v) is 5.25. The lowest BCUT2D eigenvalue weighted by Crippen LogP contribution is -2.26. The van der Waals surface area contributed by atoms with Crippen molar-refractivity contribution < 1.29 is 9.90 Å². The zero-order valence-electron chi connectivity index (χ0n) is 16.3. The molecular weight excluding hydrogens is 398 g/mol. The number of imidazole rings is 1. The molecule has 0 aliphatic heterocycles. The topological polar surface area (TPSA) is 67.2 Å². The number of fused-ring (bicyclic) bond motifs is 1. The lowest BCUT2D eigenvalue weighted by atomic mass is 10.1. The molecule has 6 heteroatoms. The van der Waals surface area contributed by atoms with E-state index in [1.54, 1.807) is 24.3 Å². The number of carbonyl (C=O) groups excluding carboxylic acids is 1. The number of aliphatic hydroxyl groups excluding tert-OH is 1. The number of nitrogens with zero attached hydrogens (tertiary/aromatic N) is 2. The lowest BCUT2D eigenvalue weighted by molar-refractivity contribution is -0.120. The molecule has 0 radical (unpaired) electrons. The van der Waals surface area contributed by atoms with E-state index in [-0.39, 0.29) is 12.3 Å². The molecule has 0 spiro atoms. The van der Waals surface area contributed by atoms with Crippen molar-refractivity contribution >= 4 is 28.5 Å². The number of hydrogen-bond donors (Lipinski definition) is 2. The number of benzene rings is 3. The highest BCUT2D eigenvalue weighted by atomic mass is 35.5. The van der Waals surface area contributed by atoms with Gasteiger partial charge in [-0.2, -0.15) is 0 Å². The number of carbonyl (C=O) groups is 1. The fraction of sp³-hybridized carbons (Fsp3) is 0.167. The van der Waals surface area contributed by atoms with E-state index >= 15 is 0 Å². The molecule has 1 unspecified atom stereocenters. The molecular formula is C24H22ClN3O2. The molecule has 5 nitrogen and oxygen atoms in total. The second-order valence-corrected chi connectivity index (χ2v) is 7.57. The summed E-state index contributed by atoms with van der Waals surface area (Å²) in [4.78, 5) is 17.2. The fourth-order valence-corrected chi connectivity index (χ4v) is 3.56. The number of nitrogens with one attached hydrogen (secondary N) is 1. The van der Waals surface area contributed by atoms with E-state index in [0.717, 1.165) is 22.2 Å². The van der Waals surface area contributed by atoms with E-state index in [1.807, 2.05) is 59.2 Å². The zero-order chi connectivity index (χ0) is 20.9. The third kappa shape index (κ3) is 4.70. The molecule has 0 aliphatic rings. The first-order valence-electron chi connectivity index (χ1n) is 9.78. The molecule has 1 aromatic heterocycles. The largest absolute Gasteiger partial charge is 0.387 e. The van der Waals surface area contributed by atoms with Crippen molar-refractivity contribution in [1.82, 2.24) is 14.9 Å². The Hall–Kier alpha value is -3.15. The van der Waals surface area contributed by atoms with Gasteiger partial charge in [0.15, 0.2) is 0 Å². The van der Waals surface area contributed by atoms with E-state index < -0.39 is 6.10 Å². The highest BCUT2D eigenvalue weighted by Gasteiger charge is 2.17. The van der Waals surface area contributed by atoms with E-state index in [0.29, 0.717) is 23.9 Å². The Morgan fingerprint density at radius 1 is 1.00 bits per heavy atom. The summed E-state index contributed by atoms with van der Waals surface area (Å²) >= 11 is 5.95. The molecule has 0 saturated carbocycles. The number of rotatable bonds is 7. The predicted octanol–water partition coefficient (Wildman–Crippen LogP) is 4.28. The molecule has 0 aliphatic carbocycles. The molecule has 152 valence electrons. The van der Waals surface area contributed by atoms with Gasteiger partial charge >= 0.3 is 0 Å². The molecule has 30 heavy (non-hydrogen) atoms. The molecule has 4 aromatic rings. The molecule has 0 saturated heterocycles. The van der Waals surface area contributed by atoms with Gasteiger partial charge in [-0.25, -0.2) is 4.98 Å². The Kier molecular flexibility index (Phi) is 6.12. The quantitative estimate of drug-likeness (QED) is 0.469. The number of hydrogen-bond acceptors (Lipinski definition) is 3. The Labute approximate surface area is 179 Å². The van der Waals surface area contributed by atoms with Crippen LogP contribution in [0.5, 0.6) is 0 Å². The standard InChI is InChI=1S/C24H22ClN3O2/c25-19-12-10-18(11-13-19)22(29)16-28-21-9-5-4-8-20(21)27-23(28)14-24(30)26-15-17-6-2-1-3-7-17/h1-13,22,29H,14-16H2,(H,26,30). The van der Waals surface area contributed by atoms with Gasteiger partial charge in [-0.15, -0.1) is 0 Å². The first-order valence-corrected chi connectivity index (χ1v) is 10.2. The molecule has 0 fully saturated rings. The van der Waals surface area contributed by atoms with Gasteiger partial charge in [0.05, 0.1) is 30.1 Å². The summed E-state index contributed by atoms with van der Waals surface area (Å²) in [5.74, 6) is 0.506. The van der Waals surface area contributed by atoms with E-state index in [9.17, 15) is 9.90 Å². The molecule has 3 aromatic carbocycles. The van der Waals surface area contributed by atoms with Crippen LogP contribution in [-0.2, 0) is 24.3 Å². The monoisotopic (exact) mass is 419 g/mol. The van der Waals surface area contributed by atoms with Crippen LogP contribution < -0.4 is 5.32 Å². The van der Waals surface area contributed by atoms with Crippen molar-refractivity contribution in [2.45, 2.75) is 25.6 Å². The Balaban J connectivity index is 1.54. The first-order chi connectivity index (χ1) is 14.6. The summed E-state index contributed by atoms with van der Waals surface area (Å²) in [6.45, 7) is 0.761. The molecule has 1 amide bonds. The van der Waals surface area contributed by atoms with Crippen molar-refractivity contribution in [1.29, 1.82) is 0 Å². The van der Waals surface area contributed by atoms with Crippen molar-refractivity contribution in [3.8, 4) is 0 Å². The predicted molar refractivity (Wildman–Crippen MR) is 118 cm³/mol. The minimum atomic E-state index is -0.744. The SMILES string of the molecule is O=C(Cc1nc2ccccc2n1CC(O)c1ccc(Cl)cc1)NCc1ccccc1. The van der Waals surface area contributed by atoms with E-state index in [2.05, 4.69) is 10.3 Å². The number of halogens is 1. The van der Waals surface area contributed by atoms with Crippen LogP contribution >= 0.6 is 11.6 Å². The van der Waals surface area contributed by atoms with Gasteiger partial charge < -0.3 is 15.0 Å². The van der Waals surface area contributed by atoms with Crippen LogP contribution in [0.4, 0.5) is 0 Å². The van der Waals surface area contributed by atoms with Crippen molar-refractivity contribution in [3.05, 3.63) is 101 Å². The summed E-state index contributed by atoms with van der Waals surface area (Å²) in [5.41, 5.74) is 3.48. The Morgan fingerprint density at radius 2 is 1.70 bits per heavy atom. The Morgan fingerprint density at radius 3 is 2.47 bits per heavy atom. The van der Waals surface area contributed by atoms with Gasteiger partial charge in [-0.3, -0.25) is 4.79 Å². The summed E-state index contributed by atoms with van der Waals surface area (Å²) in [6.07, 6.45) is -0.611. The van der Waals surface area contributed by atoms with Crippen LogP contribution in [0, 0.1) is 0 Å². The maximum absolute atomic E-state index is 12.6. The average molecular weight is 420 g/mol. The molecule has 0 bridgehead atoms. The Bertz CT molecular complexity index is 1140. The summed E-state index contributed by atoms with van der Waals surface area (Å²) < 4.78 is 1.91. The number of amides is 1. The highest BCUT2D eigenvalue weighted by Crippen LogP contribution is 2.23. The normalized spacial score (nSPS) is 12.1. The van der Waals surface area contributed by atoms with Crippen molar-refractivity contribution in [3.63, 3.8) is 0 Å². The minimum Gasteiger partial charge on any atom is -0.387 e. The first kappa shape index (κ1) is 20.1. The van der Waals surface area contributed by atoms with Crippen LogP contribution in [0.25, 0.3) is 11.0 Å². The summed E-state index contributed by atoms with van der Waals surface area (Å²) in [5, 5.41) is 14.3. The van der Waals surface area contributed by atoms with Gasteiger partial charge in [-0.05, 0) is 35.4 Å². The number of aromatic nitrogens is 2. The van der Waals surface area contributed by atoms with Crippen LogP contribution in [0.1, 0.15) is 23.1 Å². The van der Waals surface area contributed by atoms with Crippen molar-refractivity contribution in [2.75, 3.05) is 0 Å². The van der Waals surface area contributed by atoms with Crippen LogP contribution in [0.15, 0.2) is 78.9 Å². The van der Waals surface area contributed by atoms with Gasteiger partial charge in [0.1, 0.15) is 5.82 Å². The number of aliphatic hydroxyl groups is 1. The van der Waals surface area contributed by atoms with E-state index in [1.165, 1.54) is 0 Å². The second-order valence-electron chi connectivity index (χ2n) is 7.13. The lowest BCUT2D eigenvalue weighted by Gasteiger charge is -2.15. The van der Waals surface area contributed by atoms with Crippen LogP contribution in [0.2, 0.25) is 5.02 Å². The van der Waals surface area contributed by atoms with Crippen LogP contribution in [-0.4, -0.2) is 20.6 Å². The van der Waals surface area contributed by atoms with Gasteiger partial charge in [0, 0.05) is 11.6 Å². The fourth-order valence-electron chi connectivity index (χ4n) is 3.43. The zero-order valence-corrected chi connectivity index (χ0v) is 17.1. The number of para-hydroxylation sites is 2.